The topological polar surface area (TPSA) is 110 Å². The molecule has 1 aromatic heterocycles. The van der Waals surface area contributed by atoms with Crippen LogP contribution in [-0.2, 0) is 0 Å². The second-order valence-corrected chi connectivity index (χ2v) is 6.10. The van der Waals surface area contributed by atoms with Crippen molar-refractivity contribution in [1.82, 2.24) is 5.43 Å². The Morgan fingerprint density at radius 1 is 1.11 bits per heavy atom. The molecule has 8 heteroatoms. The third-order valence-electron chi connectivity index (χ3n) is 4.06. The molecule has 28 heavy (non-hydrogen) atoms. The maximum Gasteiger partial charge on any atom is 0.339 e. The zero-order valence-corrected chi connectivity index (χ0v) is 15.3. The lowest BCUT2D eigenvalue weighted by molar-refractivity contribution is -0.384. The van der Waals surface area contributed by atoms with E-state index in [2.05, 4.69) is 15.8 Å². The number of para-hydroxylation sites is 1. The van der Waals surface area contributed by atoms with Crippen molar-refractivity contribution in [2.24, 2.45) is 5.10 Å². The first-order valence-corrected chi connectivity index (χ1v) is 8.45. The minimum absolute atomic E-state index is 0.0263. The summed E-state index contributed by atoms with van der Waals surface area (Å²) in [4.78, 5) is 22.3. The van der Waals surface area contributed by atoms with Crippen LogP contribution in [0.15, 0.2) is 64.1 Å². The number of nitrogens with one attached hydrogen (secondary N) is 2. The monoisotopic (exact) mass is 378 g/mol. The highest BCUT2D eigenvalue weighted by molar-refractivity contribution is 5.90. The maximum atomic E-state index is 11.9. The Balaban J connectivity index is 1.64. The van der Waals surface area contributed by atoms with Gasteiger partial charge in [-0.2, -0.15) is 5.10 Å². The number of nitro groups is 1. The van der Waals surface area contributed by atoms with E-state index in [1.165, 1.54) is 18.3 Å². The molecule has 0 bridgehead atoms. The molecular formula is C20H18N4O4. The van der Waals surface area contributed by atoms with Gasteiger partial charge in [0.25, 0.3) is 5.69 Å². The number of carbonyl (C=O) groups is 1. The van der Waals surface area contributed by atoms with E-state index >= 15 is 0 Å². The van der Waals surface area contributed by atoms with E-state index in [9.17, 15) is 14.9 Å². The number of urea groups is 1. The van der Waals surface area contributed by atoms with Crippen LogP contribution in [0.4, 0.5) is 16.2 Å². The molecule has 0 atom stereocenters. The van der Waals surface area contributed by atoms with Crippen LogP contribution in [0.2, 0.25) is 0 Å². The zero-order valence-electron chi connectivity index (χ0n) is 15.3. The Hall–Kier alpha value is -3.94. The zero-order chi connectivity index (χ0) is 20.1. The van der Waals surface area contributed by atoms with E-state index in [0.29, 0.717) is 17.2 Å². The standard InChI is InChI=1S/C20H18N4O4/c1-13-5-3-4-6-18(13)22-20(25)23-21-12-16-8-10-19(28-16)17-9-7-15(24(26)27)11-14(17)2/h3-12H,1-2H3,(H2,22,23,25). The Kier molecular flexibility index (Phi) is 5.50. The lowest BCUT2D eigenvalue weighted by Crippen LogP contribution is -2.24. The molecule has 0 fully saturated rings. The molecule has 2 amide bonds. The summed E-state index contributed by atoms with van der Waals surface area (Å²) in [6.07, 6.45) is 1.38. The van der Waals surface area contributed by atoms with Gasteiger partial charge in [0, 0.05) is 23.4 Å². The highest BCUT2D eigenvalue weighted by Crippen LogP contribution is 2.28. The van der Waals surface area contributed by atoms with Crippen LogP contribution < -0.4 is 10.7 Å². The van der Waals surface area contributed by atoms with E-state index in [4.69, 9.17) is 4.42 Å². The smallest absolute Gasteiger partial charge is 0.339 e. The van der Waals surface area contributed by atoms with E-state index in [1.54, 1.807) is 31.2 Å². The van der Waals surface area contributed by atoms with Gasteiger partial charge in [0.05, 0.1) is 11.1 Å². The molecule has 0 spiro atoms. The Labute approximate surface area is 161 Å². The summed E-state index contributed by atoms with van der Waals surface area (Å²) >= 11 is 0. The van der Waals surface area contributed by atoms with Crippen molar-refractivity contribution in [2.45, 2.75) is 13.8 Å². The van der Waals surface area contributed by atoms with Gasteiger partial charge in [-0.05, 0) is 49.2 Å². The van der Waals surface area contributed by atoms with E-state index < -0.39 is 11.0 Å². The van der Waals surface area contributed by atoms with E-state index in [-0.39, 0.29) is 5.69 Å². The second-order valence-electron chi connectivity index (χ2n) is 6.10. The number of non-ortho nitro benzene ring substituents is 1. The number of nitrogens with zero attached hydrogens (tertiary/aromatic N) is 2. The van der Waals surface area contributed by atoms with Gasteiger partial charge in [0.15, 0.2) is 0 Å². The first kappa shape index (κ1) is 18.8. The predicted molar refractivity (Wildman–Crippen MR) is 106 cm³/mol. The highest BCUT2D eigenvalue weighted by atomic mass is 16.6. The molecule has 2 N–H and O–H groups in total. The largest absolute Gasteiger partial charge is 0.455 e. The summed E-state index contributed by atoms with van der Waals surface area (Å²) < 4.78 is 5.68. The SMILES string of the molecule is Cc1ccccc1NC(=O)NN=Cc1ccc(-c2ccc([N+](=O)[O-])cc2C)o1. The third-order valence-corrected chi connectivity index (χ3v) is 4.06. The summed E-state index contributed by atoms with van der Waals surface area (Å²) in [5, 5.41) is 17.4. The Morgan fingerprint density at radius 2 is 1.89 bits per heavy atom. The normalized spacial score (nSPS) is 10.8. The Bertz CT molecular complexity index is 1060. The van der Waals surface area contributed by atoms with Gasteiger partial charge < -0.3 is 9.73 Å². The lowest BCUT2D eigenvalue weighted by Gasteiger charge is -2.06. The van der Waals surface area contributed by atoms with Crippen LogP contribution in [0.5, 0.6) is 0 Å². The predicted octanol–water partition coefficient (Wildman–Crippen LogP) is 4.63. The van der Waals surface area contributed by atoms with Crippen LogP contribution >= 0.6 is 0 Å². The summed E-state index contributed by atoms with van der Waals surface area (Å²) in [5.41, 5.74) is 5.51. The fraction of sp³-hybridized carbons (Fsp3) is 0.100. The number of amides is 2. The first-order chi connectivity index (χ1) is 13.4. The van der Waals surface area contributed by atoms with Gasteiger partial charge in [-0.1, -0.05) is 18.2 Å². The quantitative estimate of drug-likeness (QED) is 0.383. The van der Waals surface area contributed by atoms with Gasteiger partial charge in [-0.25, -0.2) is 10.2 Å². The molecule has 0 unspecified atom stereocenters. The van der Waals surface area contributed by atoms with Gasteiger partial charge in [-0.15, -0.1) is 0 Å². The fourth-order valence-electron chi connectivity index (χ4n) is 2.62. The van der Waals surface area contributed by atoms with Crippen molar-refractivity contribution in [2.75, 3.05) is 5.32 Å². The summed E-state index contributed by atoms with van der Waals surface area (Å²) in [6, 6.07) is 14.9. The van der Waals surface area contributed by atoms with Crippen molar-refractivity contribution >= 4 is 23.6 Å². The number of benzene rings is 2. The maximum absolute atomic E-state index is 11.9. The molecule has 1 heterocycles. The molecule has 0 aliphatic heterocycles. The molecule has 142 valence electrons. The average Bonchev–Trinajstić information content (AvgIpc) is 3.12. The van der Waals surface area contributed by atoms with Gasteiger partial charge in [-0.3, -0.25) is 10.1 Å². The number of nitro benzene ring substituents is 1. The van der Waals surface area contributed by atoms with E-state index in [1.807, 2.05) is 25.1 Å². The van der Waals surface area contributed by atoms with Crippen LogP contribution in [0.1, 0.15) is 16.9 Å². The number of hydrazone groups is 1. The third kappa shape index (κ3) is 4.42. The molecule has 3 aromatic rings. The highest BCUT2D eigenvalue weighted by Gasteiger charge is 2.12. The van der Waals surface area contributed by atoms with Crippen LogP contribution in [0.3, 0.4) is 0 Å². The minimum Gasteiger partial charge on any atom is -0.455 e. The number of hydrogen-bond acceptors (Lipinski definition) is 5. The van der Waals surface area contributed by atoms with Crippen molar-refractivity contribution in [1.29, 1.82) is 0 Å². The van der Waals surface area contributed by atoms with Gasteiger partial charge >= 0.3 is 6.03 Å². The molecule has 0 aliphatic rings. The fourth-order valence-corrected chi connectivity index (χ4v) is 2.62. The van der Waals surface area contributed by atoms with E-state index in [0.717, 1.165) is 16.7 Å². The molecule has 8 nitrogen and oxygen atoms in total. The van der Waals surface area contributed by atoms with Gasteiger partial charge in [0.2, 0.25) is 0 Å². The van der Waals surface area contributed by atoms with Crippen LogP contribution in [0.25, 0.3) is 11.3 Å². The summed E-state index contributed by atoms with van der Waals surface area (Å²) in [7, 11) is 0. The second kappa shape index (κ2) is 8.17. The van der Waals surface area contributed by atoms with Crippen molar-refractivity contribution in [3.8, 4) is 11.3 Å². The van der Waals surface area contributed by atoms with Crippen LogP contribution in [0, 0.1) is 24.0 Å². The molecule has 0 radical (unpaired) electrons. The number of furan rings is 1. The van der Waals surface area contributed by atoms with Crippen molar-refractivity contribution in [3.63, 3.8) is 0 Å². The molecule has 3 rings (SSSR count). The van der Waals surface area contributed by atoms with Gasteiger partial charge in [0.1, 0.15) is 11.5 Å². The molecular weight excluding hydrogens is 360 g/mol. The Morgan fingerprint density at radius 3 is 2.61 bits per heavy atom. The van der Waals surface area contributed by atoms with Crippen molar-refractivity contribution < 1.29 is 14.1 Å². The number of hydrogen-bond donors (Lipinski definition) is 2. The number of rotatable bonds is 5. The number of aryl methyl sites for hydroxylation is 2. The molecule has 0 saturated carbocycles. The minimum atomic E-state index is -0.469. The van der Waals surface area contributed by atoms with Crippen molar-refractivity contribution in [3.05, 3.63) is 81.6 Å². The van der Waals surface area contributed by atoms with Crippen LogP contribution in [-0.4, -0.2) is 17.2 Å². The first-order valence-electron chi connectivity index (χ1n) is 8.45. The summed E-state index contributed by atoms with van der Waals surface area (Å²) in [6.45, 7) is 3.67. The summed E-state index contributed by atoms with van der Waals surface area (Å²) in [5.74, 6) is 0.988. The number of carbonyl (C=O) groups excluding carboxylic acids is 1. The number of anilines is 1. The molecule has 0 saturated heterocycles. The average molecular weight is 378 g/mol. The molecule has 0 aliphatic carbocycles. The molecule has 2 aromatic carbocycles. The lowest BCUT2D eigenvalue weighted by atomic mass is 10.1.